The molecule has 0 aromatic rings. The van der Waals surface area contributed by atoms with E-state index in [0.29, 0.717) is 18.2 Å². The van der Waals surface area contributed by atoms with Crippen molar-refractivity contribution in [2.24, 2.45) is 5.92 Å². The lowest BCUT2D eigenvalue weighted by molar-refractivity contribution is 0.0366. The molecule has 2 heteroatoms. The summed E-state index contributed by atoms with van der Waals surface area (Å²) in [5.41, 5.74) is 0. The molecule has 0 heterocycles. The Balaban J connectivity index is 1.72. The van der Waals surface area contributed by atoms with E-state index >= 15 is 0 Å². The number of rotatable bonds is 5. The van der Waals surface area contributed by atoms with Gasteiger partial charge < -0.3 is 10.1 Å². The van der Waals surface area contributed by atoms with Gasteiger partial charge in [-0.15, -0.1) is 0 Å². The molecule has 0 aromatic carbocycles. The van der Waals surface area contributed by atoms with Crippen LogP contribution in [-0.2, 0) is 4.74 Å². The highest BCUT2D eigenvalue weighted by molar-refractivity contribution is 4.85. The summed E-state index contributed by atoms with van der Waals surface area (Å²) in [7, 11) is 1.86. The van der Waals surface area contributed by atoms with E-state index < -0.39 is 0 Å². The molecule has 2 fully saturated rings. The summed E-state index contributed by atoms with van der Waals surface area (Å²) >= 11 is 0. The molecule has 0 saturated heterocycles. The first kappa shape index (κ1) is 12.4. The first-order chi connectivity index (χ1) is 7.79. The van der Waals surface area contributed by atoms with Crippen LogP contribution < -0.4 is 5.32 Å². The van der Waals surface area contributed by atoms with Gasteiger partial charge in [0.05, 0.1) is 6.10 Å². The minimum absolute atomic E-state index is 0.456. The van der Waals surface area contributed by atoms with Gasteiger partial charge >= 0.3 is 0 Å². The van der Waals surface area contributed by atoms with E-state index in [9.17, 15) is 0 Å². The lowest BCUT2D eigenvalue weighted by atomic mass is 9.81. The molecule has 0 spiro atoms. The number of nitrogens with one attached hydrogen (secondary N) is 1. The maximum atomic E-state index is 5.59. The predicted molar refractivity (Wildman–Crippen MR) is 67.6 cm³/mol. The molecule has 0 amide bonds. The van der Waals surface area contributed by atoms with Crippen molar-refractivity contribution >= 4 is 0 Å². The maximum absolute atomic E-state index is 5.59. The third kappa shape index (κ3) is 3.21. The summed E-state index contributed by atoms with van der Waals surface area (Å²) in [4.78, 5) is 0. The van der Waals surface area contributed by atoms with E-state index in [4.69, 9.17) is 4.74 Å². The molecule has 0 radical (unpaired) electrons. The zero-order chi connectivity index (χ0) is 11.4. The summed E-state index contributed by atoms with van der Waals surface area (Å²) < 4.78 is 5.59. The minimum Gasteiger partial charge on any atom is -0.380 e. The topological polar surface area (TPSA) is 21.3 Å². The van der Waals surface area contributed by atoms with E-state index in [0.717, 1.165) is 5.92 Å². The molecule has 2 nitrogen and oxygen atoms in total. The highest BCUT2D eigenvalue weighted by atomic mass is 16.5. The maximum Gasteiger partial charge on any atom is 0.0724 e. The van der Waals surface area contributed by atoms with Crippen molar-refractivity contribution in [3.63, 3.8) is 0 Å². The highest BCUT2D eigenvalue weighted by Gasteiger charge is 2.27. The molecule has 0 bridgehead atoms. The Labute approximate surface area is 100 Å². The van der Waals surface area contributed by atoms with Crippen LogP contribution >= 0.6 is 0 Å². The lowest BCUT2D eigenvalue weighted by Gasteiger charge is -2.35. The minimum atomic E-state index is 0.456. The molecule has 94 valence electrons. The Bertz CT molecular complexity index is 203. The van der Waals surface area contributed by atoms with Gasteiger partial charge in [-0.05, 0) is 32.1 Å². The van der Waals surface area contributed by atoms with Crippen molar-refractivity contribution in [1.29, 1.82) is 0 Å². The second-order valence-corrected chi connectivity index (χ2v) is 5.77. The van der Waals surface area contributed by atoms with Crippen LogP contribution in [0.3, 0.4) is 0 Å². The fraction of sp³-hybridized carbons (Fsp3) is 1.00. The predicted octanol–water partition coefficient (Wildman–Crippen LogP) is 3.11. The van der Waals surface area contributed by atoms with Crippen molar-refractivity contribution in [3.8, 4) is 0 Å². The average Bonchev–Trinajstić information content (AvgIpc) is 2.24. The molecule has 2 rings (SSSR count). The van der Waals surface area contributed by atoms with Crippen LogP contribution in [0.5, 0.6) is 0 Å². The summed E-state index contributed by atoms with van der Waals surface area (Å²) in [5, 5.41) is 3.79. The summed E-state index contributed by atoms with van der Waals surface area (Å²) in [6.07, 6.45) is 11.5. The molecular weight excluding hydrogens is 198 g/mol. The van der Waals surface area contributed by atoms with Gasteiger partial charge in [-0.3, -0.25) is 0 Å². The highest BCUT2D eigenvalue weighted by Crippen LogP contribution is 2.31. The van der Waals surface area contributed by atoms with Crippen LogP contribution in [0.1, 0.15) is 58.3 Å². The Hall–Kier alpha value is -0.0800. The van der Waals surface area contributed by atoms with Gasteiger partial charge in [-0.2, -0.15) is 0 Å². The second-order valence-electron chi connectivity index (χ2n) is 5.77. The zero-order valence-corrected chi connectivity index (χ0v) is 10.9. The van der Waals surface area contributed by atoms with Crippen LogP contribution in [0, 0.1) is 5.92 Å². The number of ether oxygens (including phenoxy) is 1. The first-order valence-electron chi connectivity index (χ1n) is 7.08. The number of methoxy groups -OCH3 is 1. The Kier molecular flexibility index (Phi) is 4.66. The Morgan fingerprint density at radius 2 is 1.88 bits per heavy atom. The van der Waals surface area contributed by atoms with Gasteiger partial charge in [0.2, 0.25) is 0 Å². The summed E-state index contributed by atoms with van der Waals surface area (Å²) in [6, 6.07) is 1.28. The van der Waals surface area contributed by atoms with Gasteiger partial charge in [0.15, 0.2) is 0 Å². The standard InChI is InChI=1S/C14H27NO/c1-11(10-12-6-5-7-12)15-13-8-3-4-9-14(13)16-2/h11-15H,3-10H2,1-2H3. The molecule has 2 aliphatic carbocycles. The van der Waals surface area contributed by atoms with Crippen molar-refractivity contribution in [1.82, 2.24) is 5.32 Å². The van der Waals surface area contributed by atoms with Crippen LogP contribution in [0.4, 0.5) is 0 Å². The molecule has 3 unspecified atom stereocenters. The van der Waals surface area contributed by atoms with Crippen LogP contribution in [0.2, 0.25) is 0 Å². The summed E-state index contributed by atoms with van der Waals surface area (Å²) in [6.45, 7) is 2.35. The molecule has 1 N–H and O–H groups in total. The van der Waals surface area contributed by atoms with Crippen molar-refractivity contribution in [3.05, 3.63) is 0 Å². The Morgan fingerprint density at radius 3 is 2.50 bits per heavy atom. The smallest absolute Gasteiger partial charge is 0.0724 e. The fourth-order valence-corrected chi connectivity index (χ4v) is 3.23. The Morgan fingerprint density at radius 1 is 1.12 bits per heavy atom. The van der Waals surface area contributed by atoms with Gasteiger partial charge in [-0.25, -0.2) is 0 Å². The third-order valence-corrected chi connectivity index (χ3v) is 4.42. The normalized spacial score (nSPS) is 33.4. The molecule has 2 aliphatic rings. The van der Waals surface area contributed by atoms with E-state index in [1.807, 2.05) is 7.11 Å². The van der Waals surface area contributed by atoms with Gasteiger partial charge in [-0.1, -0.05) is 32.1 Å². The monoisotopic (exact) mass is 225 g/mol. The lowest BCUT2D eigenvalue weighted by Crippen LogP contribution is -2.47. The first-order valence-corrected chi connectivity index (χ1v) is 7.08. The van der Waals surface area contributed by atoms with Gasteiger partial charge in [0.25, 0.3) is 0 Å². The molecular formula is C14H27NO. The van der Waals surface area contributed by atoms with Gasteiger partial charge in [0.1, 0.15) is 0 Å². The van der Waals surface area contributed by atoms with Crippen molar-refractivity contribution in [2.75, 3.05) is 7.11 Å². The molecule has 16 heavy (non-hydrogen) atoms. The van der Waals surface area contributed by atoms with Crippen LogP contribution in [-0.4, -0.2) is 25.3 Å². The van der Waals surface area contributed by atoms with E-state index in [1.165, 1.54) is 51.4 Å². The molecule has 2 saturated carbocycles. The van der Waals surface area contributed by atoms with Crippen molar-refractivity contribution in [2.45, 2.75) is 76.5 Å². The van der Waals surface area contributed by atoms with E-state index in [2.05, 4.69) is 12.2 Å². The van der Waals surface area contributed by atoms with Crippen LogP contribution in [0.25, 0.3) is 0 Å². The average molecular weight is 225 g/mol. The van der Waals surface area contributed by atoms with E-state index in [-0.39, 0.29) is 0 Å². The fourth-order valence-electron chi connectivity index (χ4n) is 3.23. The third-order valence-electron chi connectivity index (χ3n) is 4.42. The van der Waals surface area contributed by atoms with Crippen molar-refractivity contribution < 1.29 is 4.74 Å². The van der Waals surface area contributed by atoms with Crippen LogP contribution in [0.15, 0.2) is 0 Å². The molecule has 0 aromatic heterocycles. The zero-order valence-electron chi connectivity index (χ0n) is 10.9. The van der Waals surface area contributed by atoms with E-state index in [1.54, 1.807) is 0 Å². The quantitative estimate of drug-likeness (QED) is 0.776. The molecule has 3 atom stereocenters. The summed E-state index contributed by atoms with van der Waals surface area (Å²) in [5.74, 6) is 1.01. The SMILES string of the molecule is COC1CCCCC1NC(C)CC1CCC1. The van der Waals surface area contributed by atoms with Gasteiger partial charge in [0, 0.05) is 19.2 Å². The number of hydrogen-bond donors (Lipinski definition) is 1. The molecule has 0 aliphatic heterocycles. The number of hydrogen-bond acceptors (Lipinski definition) is 2. The second kappa shape index (κ2) is 6.02. The largest absolute Gasteiger partial charge is 0.380 e.